The van der Waals surface area contributed by atoms with Crippen molar-refractivity contribution in [2.24, 2.45) is 0 Å². The number of fused-ring (bicyclic) bond motifs is 1. The van der Waals surface area contributed by atoms with Gasteiger partial charge in [0.05, 0.1) is 17.9 Å². The lowest BCUT2D eigenvalue weighted by molar-refractivity contribution is 0.448. The van der Waals surface area contributed by atoms with Gasteiger partial charge in [0.1, 0.15) is 17.5 Å². The van der Waals surface area contributed by atoms with E-state index in [1.54, 1.807) is 18.5 Å². The highest BCUT2D eigenvalue weighted by molar-refractivity contribution is 5.94. The van der Waals surface area contributed by atoms with Crippen molar-refractivity contribution in [3.8, 4) is 11.4 Å². The molecule has 1 unspecified atom stereocenters. The number of hydrogen-bond acceptors (Lipinski definition) is 8. The highest BCUT2D eigenvalue weighted by atomic mass is 19.1. The largest absolute Gasteiger partial charge is 0.354 e. The first-order chi connectivity index (χ1) is 18.6. The number of halogens is 2. The molecule has 0 amide bonds. The molecule has 1 saturated carbocycles. The lowest BCUT2D eigenvalue weighted by Crippen LogP contribution is -2.45. The lowest BCUT2D eigenvalue weighted by atomic mass is 10.0. The predicted molar refractivity (Wildman–Crippen MR) is 146 cm³/mol. The van der Waals surface area contributed by atoms with Crippen LogP contribution in [0.2, 0.25) is 0 Å². The molecule has 2 fully saturated rings. The van der Waals surface area contributed by atoms with Crippen LogP contribution in [0.1, 0.15) is 51.0 Å². The SMILES string of the molecule is CC.CNC1CCCN(c2nc(-c3ccnc(Nc4ncc(F)cc4F)c3)nc3cncc(C4CC4)c23)C1. The number of hydrogen-bond donors (Lipinski definition) is 2. The van der Waals surface area contributed by atoms with Gasteiger partial charge in [-0.05, 0) is 56.3 Å². The van der Waals surface area contributed by atoms with Crippen LogP contribution in [0.25, 0.3) is 22.3 Å². The van der Waals surface area contributed by atoms with E-state index in [1.807, 2.05) is 33.2 Å². The molecule has 0 aromatic carbocycles. The van der Waals surface area contributed by atoms with Gasteiger partial charge in [0.2, 0.25) is 0 Å². The Morgan fingerprint density at radius 2 is 1.84 bits per heavy atom. The first kappa shape index (κ1) is 25.8. The molecule has 6 rings (SSSR count). The molecular weight excluding hydrogens is 486 g/mol. The summed E-state index contributed by atoms with van der Waals surface area (Å²) >= 11 is 0. The monoisotopic (exact) mass is 518 g/mol. The van der Waals surface area contributed by atoms with Crippen LogP contribution >= 0.6 is 0 Å². The van der Waals surface area contributed by atoms with E-state index in [0.717, 1.165) is 73.3 Å². The number of nitrogens with one attached hydrogen (secondary N) is 2. The number of rotatable bonds is 6. The molecule has 1 aliphatic carbocycles. The quantitative estimate of drug-likeness (QED) is 0.341. The smallest absolute Gasteiger partial charge is 0.168 e. The minimum absolute atomic E-state index is 0.106. The standard InChI is InChI=1S/C26H26F2N8.C2H6/c1-29-18-3-2-8-36(14-18)26-23-19(15-4-5-15)12-30-13-21(23)33-24(35-26)16-6-7-31-22(9-16)34-25-20(28)10-17(27)11-32-25;1-2/h6-7,9-13,15,18,29H,2-5,8,14H2,1H3,(H,31,32,34);1-2H3. The second kappa shape index (κ2) is 11.3. The average Bonchev–Trinajstić information content (AvgIpc) is 3.80. The second-order valence-electron chi connectivity index (χ2n) is 9.38. The van der Waals surface area contributed by atoms with Gasteiger partial charge in [-0.15, -0.1) is 0 Å². The molecule has 4 aromatic heterocycles. The Kier molecular flexibility index (Phi) is 7.69. The maximum absolute atomic E-state index is 14.1. The third kappa shape index (κ3) is 5.40. The molecule has 2 N–H and O–H groups in total. The van der Waals surface area contributed by atoms with Crippen molar-refractivity contribution in [2.45, 2.75) is 51.5 Å². The summed E-state index contributed by atoms with van der Waals surface area (Å²) in [5, 5.41) is 7.31. The van der Waals surface area contributed by atoms with Crippen LogP contribution in [-0.4, -0.2) is 51.1 Å². The van der Waals surface area contributed by atoms with E-state index in [0.29, 0.717) is 23.6 Å². The number of aromatic nitrogens is 5. The summed E-state index contributed by atoms with van der Waals surface area (Å²) in [6.07, 6.45) is 10.9. The molecule has 0 radical (unpaired) electrons. The Bertz CT molecular complexity index is 1430. The maximum Gasteiger partial charge on any atom is 0.168 e. The highest BCUT2D eigenvalue weighted by Gasteiger charge is 2.30. The fourth-order valence-corrected chi connectivity index (χ4v) is 4.82. The first-order valence-electron chi connectivity index (χ1n) is 13.2. The minimum atomic E-state index is -0.797. The summed E-state index contributed by atoms with van der Waals surface area (Å²) < 4.78 is 27.4. The zero-order valence-electron chi connectivity index (χ0n) is 21.9. The van der Waals surface area contributed by atoms with E-state index < -0.39 is 11.6 Å². The summed E-state index contributed by atoms with van der Waals surface area (Å²) in [5.41, 5.74) is 2.75. The first-order valence-corrected chi connectivity index (χ1v) is 13.2. The number of nitrogens with zero attached hydrogens (tertiary/aromatic N) is 6. The molecule has 38 heavy (non-hydrogen) atoms. The van der Waals surface area contributed by atoms with Crippen molar-refractivity contribution < 1.29 is 8.78 Å². The number of anilines is 3. The molecule has 0 bridgehead atoms. The number of piperidine rings is 1. The van der Waals surface area contributed by atoms with Crippen molar-refractivity contribution in [1.82, 2.24) is 30.2 Å². The van der Waals surface area contributed by atoms with Gasteiger partial charge < -0.3 is 15.5 Å². The number of pyridine rings is 3. The fraction of sp³-hybridized carbons (Fsp3) is 0.393. The van der Waals surface area contributed by atoms with Crippen LogP contribution in [0.15, 0.2) is 43.0 Å². The highest BCUT2D eigenvalue weighted by Crippen LogP contribution is 2.45. The maximum atomic E-state index is 14.1. The van der Waals surface area contributed by atoms with Crippen molar-refractivity contribution in [3.05, 3.63) is 60.2 Å². The van der Waals surface area contributed by atoms with E-state index in [9.17, 15) is 8.78 Å². The van der Waals surface area contributed by atoms with Crippen LogP contribution in [-0.2, 0) is 0 Å². The summed E-state index contributed by atoms with van der Waals surface area (Å²) in [7, 11) is 2.00. The molecule has 1 atom stereocenters. The molecule has 8 nitrogen and oxygen atoms in total. The molecule has 5 heterocycles. The zero-order valence-corrected chi connectivity index (χ0v) is 21.9. The summed E-state index contributed by atoms with van der Waals surface area (Å²) in [5.74, 6) is 0.686. The zero-order chi connectivity index (χ0) is 26.6. The van der Waals surface area contributed by atoms with E-state index >= 15 is 0 Å². The summed E-state index contributed by atoms with van der Waals surface area (Å²) in [6, 6.07) is 4.72. The molecule has 198 valence electrons. The molecule has 4 aromatic rings. The third-order valence-electron chi connectivity index (χ3n) is 6.84. The van der Waals surface area contributed by atoms with E-state index in [2.05, 4.69) is 30.5 Å². The van der Waals surface area contributed by atoms with Crippen LogP contribution in [0.5, 0.6) is 0 Å². The van der Waals surface area contributed by atoms with Gasteiger partial charge in [-0.1, -0.05) is 13.8 Å². The molecule has 10 heteroatoms. The van der Waals surface area contributed by atoms with Gasteiger partial charge in [-0.25, -0.2) is 28.7 Å². The lowest BCUT2D eigenvalue weighted by Gasteiger charge is -2.34. The van der Waals surface area contributed by atoms with E-state index in [1.165, 1.54) is 5.56 Å². The summed E-state index contributed by atoms with van der Waals surface area (Å²) in [4.78, 5) is 24.8. The molecule has 1 aliphatic heterocycles. The summed E-state index contributed by atoms with van der Waals surface area (Å²) in [6.45, 7) is 5.79. The van der Waals surface area contributed by atoms with Gasteiger partial charge in [0, 0.05) is 48.5 Å². The topological polar surface area (TPSA) is 91.8 Å². The van der Waals surface area contributed by atoms with Gasteiger partial charge in [0.15, 0.2) is 17.5 Å². The Hall–Kier alpha value is -3.79. The normalized spacial score (nSPS) is 17.2. The van der Waals surface area contributed by atoms with Gasteiger partial charge in [0.25, 0.3) is 0 Å². The van der Waals surface area contributed by atoms with Gasteiger partial charge in [-0.2, -0.15) is 0 Å². The average molecular weight is 519 g/mol. The van der Waals surface area contributed by atoms with Crippen LogP contribution in [0.4, 0.5) is 26.2 Å². The third-order valence-corrected chi connectivity index (χ3v) is 6.84. The second-order valence-corrected chi connectivity index (χ2v) is 9.38. The van der Waals surface area contributed by atoms with Gasteiger partial charge in [-0.3, -0.25) is 4.98 Å². The Balaban J connectivity index is 0.00000144. The van der Waals surface area contributed by atoms with Gasteiger partial charge >= 0.3 is 0 Å². The van der Waals surface area contributed by atoms with Crippen LogP contribution in [0.3, 0.4) is 0 Å². The predicted octanol–water partition coefficient (Wildman–Crippen LogP) is 5.60. The Morgan fingerprint density at radius 1 is 1.00 bits per heavy atom. The van der Waals surface area contributed by atoms with E-state index in [4.69, 9.17) is 9.97 Å². The van der Waals surface area contributed by atoms with Crippen molar-refractivity contribution in [3.63, 3.8) is 0 Å². The molecule has 1 saturated heterocycles. The van der Waals surface area contributed by atoms with Crippen molar-refractivity contribution in [2.75, 3.05) is 30.4 Å². The number of likely N-dealkylation sites (N-methyl/N-ethyl adjacent to an activating group) is 1. The Morgan fingerprint density at radius 3 is 2.61 bits per heavy atom. The van der Waals surface area contributed by atoms with Crippen LogP contribution < -0.4 is 15.5 Å². The molecule has 2 aliphatic rings. The molecular formula is C28H32F2N8. The fourth-order valence-electron chi connectivity index (χ4n) is 4.82. The van der Waals surface area contributed by atoms with E-state index in [-0.39, 0.29) is 5.82 Å². The minimum Gasteiger partial charge on any atom is -0.354 e. The van der Waals surface area contributed by atoms with Crippen molar-refractivity contribution in [1.29, 1.82) is 0 Å². The van der Waals surface area contributed by atoms with Crippen LogP contribution in [0, 0.1) is 11.6 Å². The van der Waals surface area contributed by atoms with Crippen molar-refractivity contribution >= 4 is 28.4 Å². The molecule has 0 spiro atoms. The Labute approximate surface area is 221 Å².